The number of hydrazine groups is 1. The average Bonchev–Trinajstić information content (AvgIpc) is 2.69. The molecule has 0 heterocycles. The van der Waals surface area contributed by atoms with Crippen molar-refractivity contribution >= 4 is 35.2 Å². The Morgan fingerprint density at radius 2 is 1.68 bits per heavy atom. The van der Waals surface area contributed by atoms with Crippen LogP contribution in [-0.2, 0) is 9.59 Å². The number of rotatable bonds is 9. The highest BCUT2D eigenvalue weighted by Crippen LogP contribution is 2.21. The van der Waals surface area contributed by atoms with Gasteiger partial charge in [0.1, 0.15) is 11.5 Å². The van der Waals surface area contributed by atoms with Gasteiger partial charge in [-0.2, -0.15) is 0 Å². The van der Waals surface area contributed by atoms with Crippen molar-refractivity contribution in [2.75, 3.05) is 12.4 Å². The molecule has 2 amide bonds. The van der Waals surface area contributed by atoms with E-state index in [0.29, 0.717) is 23.1 Å². The van der Waals surface area contributed by atoms with E-state index in [1.807, 2.05) is 19.1 Å². The monoisotopic (exact) mass is 422 g/mol. The second-order valence-corrected chi connectivity index (χ2v) is 7.36. The third kappa shape index (κ3) is 7.70. The summed E-state index contributed by atoms with van der Waals surface area (Å²) in [5.41, 5.74) is 4.77. The summed E-state index contributed by atoms with van der Waals surface area (Å²) in [4.78, 5) is 24.9. The lowest BCUT2D eigenvalue weighted by molar-refractivity contribution is -0.132. The van der Waals surface area contributed by atoms with Gasteiger partial charge in [-0.15, -0.1) is 11.8 Å². The molecule has 0 unspecified atom stereocenters. The fraction of sp³-hybridized carbons (Fsp3) is 0.300. The summed E-state index contributed by atoms with van der Waals surface area (Å²) in [6.07, 6.45) is -0.497. The van der Waals surface area contributed by atoms with Crippen LogP contribution in [-0.4, -0.2) is 30.3 Å². The van der Waals surface area contributed by atoms with Crippen molar-refractivity contribution in [1.82, 2.24) is 10.9 Å². The zero-order chi connectivity index (χ0) is 20.4. The Kier molecular flexibility index (Phi) is 8.97. The van der Waals surface area contributed by atoms with E-state index in [2.05, 4.69) is 10.9 Å². The Morgan fingerprint density at radius 1 is 1.04 bits per heavy atom. The van der Waals surface area contributed by atoms with Gasteiger partial charge in [-0.3, -0.25) is 20.4 Å². The number of carbonyl (C=O) groups excluding carboxylic acids is 2. The molecule has 0 saturated carbocycles. The van der Waals surface area contributed by atoms with Crippen LogP contribution in [0.3, 0.4) is 0 Å². The van der Waals surface area contributed by atoms with Crippen molar-refractivity contribution < 1.29 is 19.1 Å². The highest BCUT2D eigenvalue weighted by molar-refractivity contribution is 7.99. The van der Waals surface area contributed by atoms with Crippen LogP contribution in [0.2, 0.25) is 5.02 Å². The minimum Gasteiger partial charge on any atom is -0.494 e. The second-order valence-electron chi connectivity index (χ2n) is 5.75. The summed E-state index contributed by atoms with van der Waals surface area (Å²) in [5, 5.41) is 0.673. The van der Waals surface area contributed by atoms with Crippen molar-refractivity contribution in [3.05, 3.63) is 53.6 Å². The minimum absolute atomic E-state index is 0.266. The number of ether oxygens (including phenoxy) is 2. The third-order valence-electron chi connectivity index (χ3n) is 3.55. The number of carbonyl (C=O) groups is 2. The predicted molar refractivity (Wildman–Crippen MR) is 111 cm³/mol. The Labute approximate surface area is 173 Å². The summed E-state index contributed by atoms with van der Waals surface area (Å²) < 4.78 is 10.9. The van der Waals surface area contributed by atoms with Crippen LogP contribution in [0.4, 0.5) is 0 Å². The van der Waals surface area contributed by atoms with E-state index in [0.717, 1.165) is 10.6 Å². The number of thioether (sulfide) groups is 1. The highest BCUT2D eigenvalue weighted by atomic mass is 35.5. The van der Waals surface area contributed by atoms with Gasteiger partial charge in [-0.25, -0.2) is 0 Å². The largest absolute Gasteiger partial charge is 0.494 e. The Bertz CT molecular complexity index is 769. The van der Waals surface area contributed by atoms with E-state index >= 15 is 0 Å². The lowest BCUT2D eigenvalue weighted by Crippen LogP contribution is -2.47. The van der Waals surface area contributed by atoms with Gasteiger partial charge < -0.3 is 9.47 Å². The lowest BCUT2D eigenvalue weighted by Gasteiger charge is -2.15. The van der Waals surface area contributed by atoms with Gasteiger partial charge in [-0.05, 0) is 62.4 Å². The molecule has 6 nitrogen and oxygen atoms in total. The first-order chi connectivity index (χ1) is 13.5. The maximum atomic E-state index is 12.1. The van der Waals surface area contributed by atoms with Crippen molar-refractivity contribution in [3.63, 3.8) is 0 Å². The fourth-order valence-corrected chi connectivity index (χ4v) is 3.10. The standard InChI is InChI=1S/C20H23ClN2O4S/c1-3-26-16-6-8-17(9-7-16)27-14(2)20(25)23-22-19(24)12-13-28-18-10-4-15(21)5-11-18/h4-11,14H,3,12-13H2,1-2H3,(H,22,24)(H,23,25)/t14-/m1/s1. The summed E-state index contributed by atoms with van der Waals surface area (Å²) >= 11 is 7.37. The molecule has 0 fully saturated rings. The molecule has 0 bridgehead atoms. The molecule has 0 aromatic heterocycles. The van der Waals surface area contributed by atoms with Crippen LogP contribution >= 0.6 is 23.4 Å². The fourth-order valence-electron chi connectivity index (χ4n) is 2.13. The molecule has 0 saturated heterocycles. The summed E-state index contributed by atoms with van der Waals surface area (Å²) in [7, 11) is 0. The molecule has 0 aliphatic carbocycles. The van der Waals surface area contributed by atoms with E-state index in [-0.39, 0.29) is 12.3 Å². The molecule has 2 aromatic carbocycles. The molecular weight excluding hydrogens is 400 g/mol. The van der Waals surface area contributed by atoms with E-state index in [9.17, 15) is 9.59 Å². The molecule has 2 N–H and O–H groups in total. The van der Waals surface area contributed by atoms with Crippen LogP contribution in [0, 0.1) is 0 Å². The summed E-state index contributed by atoms with van der Waals surface area (Å²) in [5.74, 6) is 1.14. The quantitative estimate of drug-likeness (QED) is 0.474. The number of benzene rings is 2. The molecule has 2 aromatic rings. The summed E-state index contributed by atoms with van der Waals surface area (Å²) in [6.45, 7) is 4.09. The number of halogens is 1. The first-order valence-corrected chi connectivity index (χ1v) is 10.2. The van der Waals surface area contributed by atoms with Crippen LogP contribution in [0.5, 0.6) is 11.5 Å². The minimum atomic E-state index is -0.762. The molecule has 28 heavy (non-hydrogen) atoms. The van der Waals surface area contributed by atoms with Crippen LogP contribution in [0.25, 0.3) is 0 Å². The van der Waals surface area contributed by atoms with Gasteiger partial charge in [0, 0.05) is 22.1 Å². The summed E-state index contributed by atoms with van der Waals surface area (Å²) in [6, 6.07) is 14.4. The molecule has 0 aliphatic heterocycles. The molecule has 150 valence electrons. The maximum absolute atomic E-state index is 12.1. The van der Waals surface area contributed by atoms with Gasteiger partial charge in [0.15, 0.2) is 6.10 Å². The molecule has 0 radical (unpaired) electrons. The first kappa shape index (κ1) is 21.9. The van der Waals surface area contributed by atoms with E-state index in [1.54, 1.807) is 43.3 Å². The lowest BCUT2D eigenvalue weighted by atomic mass is 10.3. The number of hydrogen-bond donors (Lipinski definition) is 2. The maximum Gasteiger partial charge on any atom is 0.279 e. The van der Waals surface area contributed by atoms with E-state index in [4.69, 9.17) is 21.1 Å². The van der Waals surface area contributed by atoms with Gasteiger partial charge >= 0.3 is 0 Å². The number of nitrogens with one attached hydrogen (secondary N) is 2. The molecule has 0 aliphatic rings. The Hall–Kier alpha value is -2.38. The predicted octanol–water partition coefficient (Wildman–Crippen LogP) is 3.84. The van der Waals surface area contributed by atoms with E-state index in [1.165, 1.54) is 11.8 Å². The van der Waals surface area contributed by atoms with Gasteiger partial charge in [0.2, 0.25) is 5.91 Å². The Morgan fingerprint density at radius 3 is 2.32 bits per heavy atom. The number of hydrogen-bond acceptors (Lipinski definition) is 5. The van der Waals surface area contributed by atoms with Crippen LogP contribution in [0.1, 0.15) is 20.3 Å². The third-order valence-corrected chi connectivity index (χ3v) is 4.82. The van der Waals surface area contributed by atoms with Gasteiger partial charge in [-0.1, -0.05) is 11.6 Å². The van der Waals surface area contributed by atoms with Crippen molar-refractivity contribution in [2.45, 2.75) is 31.3 Å². The molecule has 1 atom stereocenters. The SMILES string of the molecule is CCOc1ccc(O[C@H](C)C(=O)NNC(=O)CCSc2ccc(Cl)cc2)cc1. The topological polar surface area (TPSA) is 76.7 Å². The number of amides is 2. The first-order valence-electron chi connectivity index (χ1n) is 8.84. The molecule has 2 rings (SSSR count). The van der Waals surface area contributed by atoms with Crippen molar-refractivity contribution in [1.29, 1.82) is 0 Å². The van der Waals surface area contributed by atoms with Crippen molar-refractivity contribution in [3.8, 4) is 11.5 Å². The highest BCUT2D eigenvalue weighted by Gasteiger charge is 2.15. The normalized spacial score (nSPS) is 11.4. The van der Waals surface area contributed by atoms with Gasteiger partial charge in [0.05, 0.1) is 6.61 Å². The molecule has 8 heteroatoms. The zero-order valence-corrected chi connectivity index (χ0v) is 17.3. The smallest absolute Gasteiger partial charge is 0.279 e. The average molecular weight is 423 g/mol. The second kappa shape index (κ2) is 11.5. The van der Waals surface area contributed by atoms with Crippen LogP contribution < -0.4 is 20.3 Å². The molecule has 0 spiro atoms. The molecular formula is C20H23ClN2O4S. The van der Waals surface area contributed by atoms with E-state index < -0.39 is 12.0 Å². The van der Waals surface area contributed by atoms with Gasteiger partial charge in [0.25, 0.3) is 5.91 Å². The van der Waals surface area contributed by atoms with Crippen LogP contribution in [0.15, 0.2) is 53.4 Å². The van der Waals surface area contributed by atoms with Crippen molar-refractivity contribution in [2.24, 2.45) is 0 Å². The zero-order valence-electron chi connectivity index (χ0n) is 15.7. The Balaban J connectivity index is 1.67.